The predicted octanol–water partition coefficient (Wildman–Crippen LogP) is 6.29. The number of rotatable bonds is 9. The number of likely N-dealkylation sites (tertiary alicyclic amines) is 1. The molecule has 2 heterocycles. The van der Waals surface area contributed by atoms with E-state index in [-0.39, 0.29) is 33.6 Å². The molecule has 0 radical (unpaired) electrons. The van der Waals surface area contributed by atoms with Gasteiger partial charge in [0.25, 0.3) is 0 Å². The van der Waals surface area contributed by atoms with Crippen molar-refractivity contribution >= 4 is 50.4 Å². The first-order valence-corrected chi connectivity index (χ1v) is 15.5. The minimum atomic E-state index is -3.56. The summed E-state index contributed by atoms with van der Waals surface area (Å²) in [4.78, 5) is 11.4. The Morgan fingerprint density at radius 2 is 1.82 bits per heavy atom. The number of hydrogen-bond donors (Lipinski definition) is 3. The lowest BCUT2D eigenvalue weighted by Crippen LogP contribution is -2.31. The van der Waals surface area contributed by atoms with Gasteiger partial charge in [0.1, 0.15) is 16.6 Å². The quantitative estimate of drug-likeness (QED) is 0.265. The smallest absolute Gasteiger partial charge is 0.231 e. The van der Waals surface area contributed by atoms with E-state index in [1.54, 1.807) is 38.1 Å². The van der Waals surface area contributed by atoms with E-state index < -0.39 is 15.1 Å². The van der Waals surface area contributed by atoms with Crippen LogP contribution in [0.15, 0.2) is 41.3 Å². The molecule has 1 atom stereocenters. The second-order valence-electron chi connectivity index (χ2n) is 10.9. The molecule has 4 N–H and O–H groups in total. The summed E-state index contributed by atoms with van der Waals surface area (Å²) in [7, 11) is -1.40. The molecule has 4 rings (SSSR count). The number of sulfone groups is 1. The van der Waals surface area contributed by atoms with Crippen LogP contribution in [-0.2, 0) is 9.84 Å². The lowest BCUT2D eigenvalue weighted by Gasteiger charge is -2.31. The van der Waals surface area contributed by atoms with Gasteiger partial charge in [0.15, 0.2) is 15.7 Å². The third kappa shape index (κ3) is 6.62. The summed E-state index contributed by atoms with van der Waals surface area (Å²) < 4.78 is 32.1. The minimum absolute atomic E-state index is 0.0435. The van der Waals surface area contributed by atoms with Crippen LogP contribution in [0, 0.1) is 6.92 Å². The van der Waals surface area contributed by atoms with Gasteiger partial charge in [0.2, 0.25) is 5.95 Å². The highest BCUT2D eigenvalue weighted by Gasteiger charge is 2.25. The molecule has 0 saturated carbocycles. The second kappa shape index (κ2) is 12.2. The number of aryl methyl sites for hydroxylation is 1. The van der Waals surface area contributed by atoms with Crippen LogP contribution >= 0.6 is 11.6 Å². The van der Waals surface area contributed by atoms with Crippen LogP contribution in [-0.4, -0.2) is 54.8 Å². The maximum atomic E-state index is 13.0. The van der Waals surface area contributed by atoms with Crippen LogP contribution in [0.3, 0.4) is 0 Å². The number of halogens is 1. The van der Waals surface area contributed by atoms with Crippen LogP contribution in [0.5, 0.6) is 5.75 Å². The second-order valence-corrected chi connectivity index (χ2v) is 13.8. The Morgan fingerprint density at radius 3 is 2.50 bits per heavy atom. The van der Waals surface area contributed by atoms with Gasteiger partial charge in [-0.2, -0.15) is 9.97 Å². The summed E-state index contributed by atoms with van der Waals surface area (Å²) in [5.74, 6) is 1.57. The van der Waals surface area contributed by atoms with Gasteiger partial charge in [0.05, 0.1) is 27.6 Å². The van der Waals surface area contributed by atoms with Crippen molar-refractivity contribution in [2.75, 3.05) is 36.5 Å². The topological polar surface area (TPSA) is 122 Å². The van der Waals surface area contributed by atoms with Gasteiger partial charge < -0.3 is 26.0 Å². The van der Waals surface area contributed by atoms with Crippen LogP contribution in [0.25, 0.3) is 0 Å². The van der Waals surface area contributed by atoms with E-state index >= 15 is 0 Å². The average Bonchev–Trinajstić information content (AvgIpc) is 2.88. The van der Waals surface area contributed by atoms with Crippen molar-refractivity contribution in [1.82, 2.24) is 14.9 Å². The highest BCUT2D eigenvalue weighted by atomic mass is 35.5. The molecule has 3 aromatic rings. The van der Waals surface area contributed by atoms with Crippen molar-refractivity contribution in [2.45, 2.75) is 69.6 Å². The van der Waals surface area contributed by atoms with Crippen molar-refractivity contribution in [3.63, 3.8) is 0 Å². The van der Waals surface area contributed by atoms with E-state index in [0.29, 0.717) is 23.0 Å². The number of nitrogens with zero attached hydrogens (tertiary/aromatic N) is 3. The molecule has 0 amide bonds. The molecule has 0 aliphatic carbocycles. The predicted molar refractivity (Wildman–Crippen MR) is 163 cm³/mol. The summed E-state index contributed by atoms with van der Waals surface area (Å²) in [5.41, 5.74) is 9.64. The van der Waals surface area contributed by atoms with Gasteiger partial charge in [-0.15, -0.1) is 0 Å². The van der Waals surface area contributed by atoms with Gasteiger partial charge >= 0.3 is 0 Å². The molecule has 1 aliphatic rings. The molecule has 0 bridgehead atoms. The van der Waals surface area contributed by atoms with E-state index in [4.69, 9.17) is 22.1 Å². The fourth-order valence-electron chi connectivity index (χ4n) is 4.94. The van der Waals surface area contributed by atoms with Crippen LogP contribution in [0.1, 0.15) is 57.6 Å². The molecule has 1 unspecified atom stereocenters. The Balaban J connectivity index is 1.70. The van der Waals surface area contributed by atoms with Gasteiger partial charge in [-0.3, -0.25) is 0 Å². The summed E-state index contributed by atoms with van der Waals surface area (Å²) >= 11 is 6.47. The normalized spacial score (nSPS) is 16.4. The first kappa shape index (κ1) is 29.9. The SMILES string of the molecule is Cc1cc(Nc2nc(N)c(Cl)c(Nc3ccccc3S(=O)(=O)C(C)C)n2)c(OC(C)C)cc1C1CCCN(C)C1. The number of hydrogen-bond acceptors (Lipinski definition) is 9. The number of likely N-dealkylation sites (N-methyl/N-ethyl adjacent to an activating group) is 1. The maximum absolute atomic E-state index is 13.0. The fourth-order valence-corrected chi connectivity index (χ4v) is 6.27. The first-order valence-electron chi connectivity index (χ1n) is 13.6. The Labute approximate surface area is 242 Å². The van der Waals surface area contributed by atoms with E-state index in [9.17, 15) is 8.42 Å². The number of para-hydroxylation sites is 1. The molecule has 1 saturated heterocycles. The number of ether oxygens (including phenoxy) is 1. The number of piperidine rings is 1. The van der Waals surface area contributed by atoms with Crippen LogP contribution in [0.4, 0.5) is 29.0 Å². The molecule has 0 spiro atoms. The summed E-state index contributed by atoms with van der Waals surface area (Å²) in [6, 6.07) is 10.8. The number of nitrogens with one attached hydrogen (secondary N) is 2. The number of benzene rings is 2. The fraction of sp³-hybridized carbons (Fsp3) is 0.448. The van der Waals surface area contributed by atoms with Crippen molar-refractivity contribution in [1.29, 1.82) is 0 Å². The number of nitrogens with two attached hydrogens (primary N) is 1. The summed E-state index contributed by atoms with van der Waals surface area (Å²) in [6.07, 6.45) is 2.26. The standard InChI is InChI=1S/C29H39ClN6O3S/c1-17(2)39-24-15-21(20-10-9-13-36(6)16-20)19(5)14-23(24)33-29-34-27(31)26(30)28(35-29)32-22-11-7-8-12-25(22)40(37,38)18(3)4/h7-8,11-12,14-15,17-18,20H,9-10,13,16H2,1-6H3,(H4,31,32,33,34,35). The monoisotopic (exact) mass is 586 g/mol. The highest BCUT2D eigenvalue weighted by molar-refractivity contribution is 7.92. The zero-order valence-corrected chi connectivity index (χ0v) is 25.5. The summed E-state index contributed by atoms with van der Waals surface area (Å²) in [5, 5.41) is 5.82. The molecule has 1 aliphatic heterocycles. The van der Waals surface area contributed by atoms with Gasteiger partial charge in [-0.25, -0.2) is 8.42 Å². The number of nitrogen functional groups attached to an aromatic ring is 1. The first-order chi connectivity index (χ1) is 18.9. The van der Waals surface area contributed by atoms with Crippen molar-refractivity contribution in [3.05, 3.63) is 52.5 Å². The van der Waals surface area contributed by atoms with Crippen molar-refractivity contribution < 1.29 is 13.2 Å². The molecule has 9 nitrogen and oxygen atoms in total. The third-order valence-electron chi connectivity index (χ3n) is 6.99. The minimum Gasteiger partial charge on any atom is -0.489 e. The lowest BCUT2D eigenvalue weighted by molar-refractivity contribution is 0.239. The Hall–Kier alpha value is -3.08. The molecule has 1 aromatic heterocycles. The zero-order chi connectivity index (χ0) is 29.2. The Kier molecular flexibility index (Phi) is 9.12. The molecular weight excluding hydrogens is 548 g/mol. The largest absolute Gasteiger partial charge is 0.489 e. The number of aromatic nitrogens is 2. The van der Waals surface area contributed by atoms with Crippen molar-refractivity contribution in [2.24, 2.45) is 0 Å². The Morgan fingerprint density at radius 1 is 1.10 bits per heavy atom. The van der Waals surface area contributed by atoms with E-state index in [1.165, 1.54) is 5.56 Å². The molecule has 2 aromatic carbocycles. The van der Waals surface area contributed by atoms with Crippen LogP contribution < -0.4 is 21.1 Å². The van der Waals surface area contributed by atoms with E-state index in [0.717, 1.165) is 31.5 Å². The van der Waals surface area contributed by atoms with Gasteiger partial charge in [-0.05, 0) is 102 Å². The zero-order valence-electron chi connectivity index (χ0n) is 24.0. The lowest BCUT2D eigenvalue weighted by atomic mass is 9.87. The molecule has 40 heavy (non-hydrogen) atoms. The third-order valence-corrected chi connectivity index (χ3v) is 9.57. The number of anilines is 5. The van der Waals surface area contributed by atoms with E-state index in [1.807, 2.05) is 19.9 Å². The maximum Gasteiger partial charge on any atom is 0.231 e. The van der Waals surface area contributed by atoms with E-state index in [2.05, 4.69) is 45.5 Å². The average molecular weight is 587 g/mol. The van der Waals surface area contributed by atoms with Gasteiger partial charge in [0, 0.05) is 6.54 Å². The highest BCUT2D eigenvalue weighted by Crippen LogP contribution is 2.38. The van der Waals surface area contributed by atoms with Crippen LogP contribution in [0.2, 0.25) is 5.02 Å². The molecular formula is C29H39ClN6O3S. The molecule has 11 heteroatoms. The summed E-state index contributed by atoms with van der Waals surface area (Å²) in [6.45, 7) is 11.5. The van der Waals surface area contributed by atoms with Gasteiger partial charge in [-0.1, -0.05) is 23.7 Å². The van der Waals surface area contributed by atoms with Crippen molar-refractivity contribution in [3.8, 4) is 5.75 Å². The Bertz CT molecular complexity index is 1480. The molecule has 216 valence electrons. The molecule has 1 fully saturated rings.